The van der Waals surface area contributed by atoms with Gasteiger partial charge in [0.1, 0.15) is 5.75 Å². The second kappa shape index (κ2) is 12.7. The van der Waals surface area contributed by atoms with E-state index in [-0.39, 0.29) is 0 Å². The van der Waals surface area contributed by atoms with Gasteiger partial charge in [0.25, 0.3) is 0 Å². The van der Waals surface area contributed by atoms with E-state index in [1.54, 1.807) is 5.56 Å². The summed E-state index contributed by atoms with van der Waals surface area (Å²) in [5.41, 5.74) is 1.55. The molecule has 0 saturated heterocycles. The smallest absolute Gasteiger partial charge is 0.119 e. The van der Waals surface area contributed by atoms with E-state index in [1.807, 2.05) is 0 Å². The van der Waals surface area contributed by atoms with Crippen LogP contribution in [0.15, 0.2) is 24.3 Å². The minimum atomic E-state index is 0.783. The molecule has 0 bridgehead atoms. The quantitative estimate of drug-likeness (QED) is 0.338. The van der Waals surface area contributed by atoms with Crippen molar-refractivity contribution in [3.8, 4) is 5.75 Å². The molecule has 0 spiro atoms. The molecule has 29 heavy (non-hydrogen) atoms. The van der Waals surface area contributed by atoms with Crippen LogP contribution in [0.25, 0.3) is 0 Å². The van der Waals surface area contributed by atoms with Gasteiger partial charge in [0, 0.05) is 0 Å². The molecule has 164 valence electrons. The second-order valence-electron chi connectivity index (χ2n) is 10.0. The first kappa shape index (κ1) is 22.7. The molecule has 3 rings (SSSR count). The van der Waals surface area contributed by atoms with E-state index in [1.165, 1.54) is 96.3 Å². The predicted octanol–water partition coefficient (Wildman–Crippen LogP) is 8.92. The summed E-state index contributed by atoms with van der Waals surface area (Å²) in [5, 5.41) is 0. The van der Waals surface area contributed by atoms with Crippen molar-refractivity contribution in [2.45, 2.75) is 116 Å². The van der Waals surface area contributed by atoms with E-state index >= 15 is 0 Å². The molecule has 0 amide bonds. The fraction of sp³-hybridized carbons (Fsp3) is 0.786. The average molecular weight is 399 g/mol. The molecular formula is C28H46O. The van der Waals surface area contributed by atoms with Crippen LogP contribution in [0.4, 0.5) is 0 Å². The molecule has 0 N–H and O–H groups in total. The van der Waals surface area contributed by atoms with Crippen molar-refractivity contribution in [1.29, 1.82) is 0 Å². The topological polar surface area (TPSA) is 9.23 Å². The average Bonchev–Trinajstić information content (AvgIpc) is 2.78. The number of ether oxygens (including phenoxy) is 1. The Hall–Kier alpha value is -0.980. The van der Waals surface area contributed by atoms with Gasteiger partial charge in [-0.15, -0.1) is 0 Å². The molecule has 1 nitrogen and oxygen atoms in total. The van der Waals surface area contributed by atoms with Crippen LogP contribution in [0.2, 0.25) is 0 Å². The van der Waals surface area contributed by atoms with Crippen LogP contribution >= 0.6 is 0 Å². The van der Waals surface area contributed by atoms with E-state index in [4.69, 9.17) is 4.74 Å². The lowest BCUT2D eigenvalue weighted by Crippen LogP contribution is -2.25. The summed E-state index contributed by atoms with van der Waals surface area (Å²) in [6.45, 7) is 5.42. The minimum Gasteiger partial charge on any atom is -0.494 e. The molecule has 1 heteroatoms. The van der Waals surface area contributed by atoms with Crippen LogP contribution in [0.5, 0.6) is 5.75 Å². The Labute approximate surface area is 181 Å². The zero-order valence-corrected chi connectivity index (χ0v) is 19.3. The minimum absolute atomic E-state index is 0.783. The number of unbranched alkanes of at least 4 members (excludes halogenated alkanes) is 4. The Balaban J connectivity index is 1.36. The maximum Gasteiger partial charge on any atom is 0.119 e. The lowest BCUT2D eigenvalue weighted by atomic mass is 9.68. The molecular weight excluding hydrogens is 352 g/mol. The van der Waals surface area contributed by atoms with E-state index in [9.17, 15) is 0 Å². The molecule has 2 aliphatic carbocycles. The fourth-order valence-corrected chi connectivity index (χ4v) is 5.93. The molecule has 0 unspecified atom stereocenters. The van der Waals surface area contributed by atoms with Crippen LogP contribution in [0.3, 0.4) is 0 Å². The summed E-state index contributed by atoms with van der Waals surface area (Å²) in [7, 11) is 0. The van der Waals surface area contributed by atoms with Gasteiger partial charge in [0.15, 0.2) is 0 Å². The lowest BCUT2D eigenvalue weighted by Gasteiger charge is -2.38. The van der Waals surface area contributed by atoms with Crippen molar-refractivity contribution in [3.63, 3.8) is 0 Å². The third-order valence-electron chi connectivity index (χ3n) is 7.91. The molecule has 2 saturated carbocycles. The Morgan fingerprint density at radius 1 is 0.690 bits per heavy atom. The SMILES string of the molecule is CCCCCOc1ccc(C2CCC(C3CCC(CCCCC)CC3)CC2)cc1. The number of hydrogen-bond donors (Lipinski definition) is 0. The summed E-state index contributed by atoms with van der Waals surface area (Å²) < 4.78 is 5.89. The molecule has 0 aromatic heterocycles. The molecule has 0 heterocycles. The van der Waals surface area contributed by atoms with Gasteiger partial charge in [-0.2, -0.15) is 0 Å². The van der Waals surface area contributed by atoms with Crippen LogP contribution in [0, 0.1) is 17.8 Å². The van der Waals surface area contributed by atoms with Gasteiger partial charge in [0.2, 0.25) is 0 Å². The monoisotopic (exact) mass is 398 g/mol. The van der Waals surface area contributed by atoms with Crippen LogP contribution in [-0.4, -0.2) is 6.61 Å². The molecule has 2 fully saturated rings. The maximum atomic E-state index is 5.89. The first-order valence-corrected chi connectivity index (χ1v) is 13.0. The van der Waals surface area contributed by atoms with Crippen molar-refractivity contribution in [1.82, 2.24) is 0 Å². The summed E-state index contributed by atoms with van der Waals surface area (Å²) in [4.78, 5) is 0. The normalized spacial score (nSPS) is 27.7. The van der Waals surface area contributed by atoms with Crippen molar-refractivity contribution >= 4 is 0 Å². The van der Waals surface area contributed by atoms with E-state index in [0.717, 1.165) is 36.0 Å². The lowest BCUT2D eigenvalue weighted by molar-refractivity contribution is 0.155. The summed E-state index contributed by atoms with van der Waals surface area (Å²) >= 11 is 0. The van der Waals surface area contributed by atoms with Gasteiger partial charge in [-0.3, -0.25) is 0 Å². The van der Waals surface area contributed by atoms with Crippen molar-refractivity contribution in [2.24, 2.45) is 17.8 Å². The van der Waals surface area contributed by atoms with Crippen LogP contribution in [-0.2, 0) is 0 Å². The van der Waals surface area contributed by atoms with Crippen molar-refractivity contribution in [3.05, 3.63) is 29.8 Å². The van der Waals surface area contributed by atoms with E-state index in [2.05, 4.69) is 38.1 Å². The van der Waals surface area contributed by atoms with Gasteiger partial charge in [0.05, 0.1) is 6.61 Å². The largest absolute Gasteiger partial charge is 0.494 e. The molecule has 1 aromatic rings. The first-order chi connectivity index (χ1) is 14.3. The zero-order chi connectivity index (χ0) is 20.3. The molecule has 0 radical (unpaired) electrons. The number of rotatable bonds is 11. The highest BCUT2D eigenvalue weighted by Crippen LogP contribution is 2.44. The molecule has 2 aliphatic rings. The summed E-state index contributed by atoms with van der Waals surface area (Å²) in [6.07, 6.45) is 21.3. The highest BCUT2D eigenvalue weighted by molar-refractivity contribution is 5.29. The molecule has 0 aliphatic heterocycles. The summed E-state index contributed by atoms with van der Waals surface area (Å²) in [6, 6.07) is 9.07. The van der Waals surface area contributed by atoms with Crippen molar-refractivity contribution < 1.29 is 4.74 Å². The van der Waals surface area contributed by atoms with Gasteiger partial charge < -0.3 is 4.74 Å². The van der Waals surface area contributed by atoms with Gasteiger partial charge in [-0.1, -0.05) is 77.3 Å². The van der Waals surface area contributed by atoms with Gasteiger partial charge in [-0.05, 0) is 86.3 Å². The fourth-order valence-electron chi connectivity index (χ4n) is 5.93. The highest BCUT2D eigenvalue weighted by atomic mass is 16.5. The number of benzene rings is 1. The molecule has 1 aromatic carbocycles. The number of hydrogen-bond acceptors (Lipinski definition) is 1. The molecule has 0 atom stereocenters. The van der Waals surface area contributed by atoms with Crippen LogP contribution in [0.1, 0.15) is 122 Å². The van der Waals surface area contributed by atoms with E-state index < -0.39 is 0 Å². The third kappa shape index (κ3) is 7.34. The Kier molecular flexibility index (Phi) is 9.91. The Morgan fingerprint density at radius 2 is 1.28 bits per heavy atom. The second-order valence-corrected chi connectivity index (χ2v) is 10.0. The Morgan fingerprint density at radius 3 is 1.90 bits per heavy atom. The third-order valence-corrected chi connectivity index (χ3v) is 7.91. The van der Waals surface area contributed by atoms with Gasteiger partial charge >= 0.3 is 0 Å². The van der Waals surface area contributed by atoms with Gasteiger partial charge in [-0.25, -0.2) is 0 Å². The van der Waals surface area contributed by atoms with E-state index in [0.29, 0.717) is 0 Å². The Bertz CT molecular complexity index is 532. The maximum absolute atomic E-state index is 5.89. The van der Waals surface area contributed by atoms with Crippen LogP contribution < -0.4 is 4.74 Å². The highest BCUT2D eigenvalue weighted by Gasteiger charge is 2.31. The first-order valence-electron chi connectivity index (χ1n) is 13.0. The predicted molar refractivity (Wildman–Crippen MR) is 126 cm³/mol. The standard InChI is InChI=1S/C28H46O/c1-3-5-7-9-23-10-12-24(13-11-23)25-14-16-26(17-15-25)27-18-20-28(21-19-27)29-22-8-6-4-2/h18-21,23-26H,3-17,22H2,1-2H3. The summed E-state index contributed by atoms with van der Waals surface area (Å²) in [5.74, 6) is 4.94. The van der Waals surface area contributed by atoms with Crippen molar-refractivity contribution in [2.75, 3.05) is 6.61 Å². The zero-order valence-electron chi connectivity index (χ0n) is 19.3.